The topological polar surface area (TPSA) is 66.9 Å². The molecular weight excluding hydrogens is 368 g/mol. The molecule has 3 N–H and O–H groups in total. The molecular formula is C27H24N2O. The summed E-state index contributed by atoms with van der Waals surface area (Å²) in [5.41, 5.74) is 9.12. The monoisotopic (exact) mass is 392 g/mol. The molecule has 4 rings (SSSR count). The van der Waals surface area contributed by atoms with E-state index >= 15 is 0 Å². The van der Waals surface area contributed by atoms with Crippen molar-refractivity contribution in [1.29, 1.82) is 5.41 Å². The third-order valence-electron chi connectivity index (χ3n) is 5.56. The summed E-state index contributed by atoms with van der Waals surface area (Å²) < 4.78 is 0. The van der Waals surface area contributed by atoms with Gasteiger partial charge < -0.3 is 5.73 Å². The van der Waals surface area contributed by atoms with Crippen LogP contribution >= 0.6 is 0 Å². The number of nitrogen functional groups attached to an aromatic ring is 1. The van der Waals surface area contributed by atoms with Gasteiger partial charge in [-0.1, -0.05) is 97.1 Å². The fourth-order valence-electron chi connectivity index (χ4n) is 3.95. The van der Waals surface area contributed by atoms with Crippen LogP contribution in [0.1, 0.15) is 39.4 Å². The Balaban J connectivity index is 1.72. The first-order valence-corrected chi connectivity index (χ1v) is 10.1. The number of benzene rings is 4. The second-order valence-corrected chi connectivity index (χ2v) is 7.50. The van der Waals surface area contributed by atoms with E-state index in [0.717, 1.165) is 29.2 Å². The SMILES string of the molecule is N=C(N)c1ccc(C(=O)C(CCc2ccccc2)c2cccc3ccccc23)cc1. The number of aryl methyl sites for hydroxylation is 1. The summed E-state index contributed by atoms with van der Waals surface area (Å²) in [7, 11) is 0. The Morgan fingerprint density at radius 3 is 2.13 bits per heavy atom. The first kappa shape index (κ1) is 19.6. The Morgan fingerprint density at radius 1 is 0.767 bits per heavy atom. The molecule has 1 unspecified atom stereocenters. The molecule has 0 radical (unpaired) electrons. The van der Waals surface area contributed by atoms with Gasteiger partial charge in [0.1, 0.15) is 5.84 Å². The van der Waals surface area contributed by atoms with Crippen LogP contribution < -0.4 is 5.73 Å². The van der Waals surface area contributed by atoms with Gasteiger partial charge in [0, 0.05) is 17.0 Å². The van der Waals surface area contributed by atoms with Crippen molar-refractivity contribution in [3.8, 4) is 0 Å². The third-order valence-corrected chi connectivity index (χ3v) is 5.56. The van der Waals surface area contributed by atoms with E-state index in [0.29, 0.717) is 11.1 Å². The van der Waals surface area contributed by atoms with E-state index < -0.39 is 0 Å². The first-order chi connectivity index (χ1) is 14.6. The van der Waals surface area contributed by atoms with Crippen molar-refractivity contribution < 1.29 is 4.79 Å². The number of fused-ring (bicyclic) bond motifs is 1. The van der Waals surface area contributed by atoms with Crippen molar-refractivity contribution in [2.45, 2.75) is 18.8 Å². The van der Waals surface area contributed by atoms with E-state index in [4.69, 9.17) is 11.1 Å². The zero-order valence-corrected chi connectivity index (χ0v) is 16.7. The number of hydrogen-bond donors (Lipinski definition) is 2. The maximum absolute atomic E-state index is 13.6. The molecule has 0 fully saturated rings. The van der Waals surface area contributed by atoms with E-state index in [-0.39, 0.29) is 17.5 Å². The normalized spacial score (nSPS) is 11.9. The van der Waals surface area contributed by atoms with E-state index in [9.17, 15) is 4.79 Å². The van der Waals surface area contributed by atoms with Crippen molar-refractivity contribution in [3.05, 3.63) is 119 Å². The molecule has 4 aromatic rings. The summed E-state index contributed by atoms with van der Waals surface area (Å²) in [6, 6.07) is 31.7. The van der Waals surface area contributed by atoms with Crippen molar-refractivity contribution in [1.82, 2.24) is 0 Å². The fourth-order valence-corrected chi connectivity index (χ4v) is 3.95. The van der Waals surface area contributed by atoms with Crippen LogP contribution in [0.3, 0.4) is 0 Å². The highest BCUT2D eigenvalue weighted by Crippen LogP contribution is 2.32. The Hall–Kier alpha value is -3.72. The molecule has 0 aliphatic rings. The van der Waals surface area contributed by atoms with Gasteiger partial charge in [-0.2, -0.15) is 0 Å². The standard InChI is InChI=1S/C27H24N2O/c28-27(29)22-16-14-21(15-17-22)26(30)25(18-13-19-7-2-1-3-8-19)24-12-6-10-20-9-4-5-11-23(20)24/h1-12,14-17,25H,13,18H2,(H3,28,29). The molecule has 0 bridgehead atoms. The zero-order valence-electron chi connectivity index (χ0n) is 16.7. The summed E-state index contributed by atoms with van der Waals surface area (Å²) >= 11 is 0. The summed E-state index contributed by atoms with van der Waals surface area (Å²) in [4.78, 5) is 13.6. The molecule has 4 aromatic carbocycles. The lowest BCUT2D eigenvalue weighted by Gasteiger charge is -2.19. The molecule has 0 aliphatic carbocycles. The Labute approximate surface area is 176 Å². The van der Waals surface area contributed by atoms with Crippen LogP contribution in [0.4, 0.5) is 0 Å². The lowest BCUT2D eigenvalue weighted by Crippen LogP contribution is -2.16. The third kappa shape index (κ3) is 4.15. The number of nitrogens with two attached hydrogens (primary N) is 1. The van der Waals surface area contributed by atoms with Crippen LogP contribution in [0.5, 0.6) is 0 Å². The molecule has 1 atom stereocenters. The number of carbonyl (C=O) groups is 1. The van der Waals surface area contributed by atoms with Gasteiger partial charge in [0.15, 0.2) is 5.78 Å². The summed E-state index contributed by atoms with van der Waals surface area (Å²) in [5, 5.41) is 9.83. The number of carbonyl (C=O) groups excluding carboxylic acids is 1. The second kappa shape index (κ2) is 8.75. The van der Waals surface area contributed by atoms with Crippen molar-refractivity contribution in [2.75, 3.05) is 0 Å². The van der Waals surface area contributed by atoms with Gasteiger partial charge in [-0.15, -0.1) is 0 Å². The number of nitrogens with one attached hydrogen (secondary N) is 1. The van der Waals surface area contributed by atoms with E-state index in [1.165, 1.54) is 5.56 Å². The van der Waals surface area contributed by atoms with Gasteiger partial charge in [-0.25, -0.2) is 0 Å². The zero-order chi connectivity index (χ0) is 20.9. The summed E-state index contributed by atoms with van der Waals surface area (Å²) in [6.07, 6.45) is 1.55. The van der Waals surface area contributed by atoms with Crippen LogP contribution in [-0.2, 0) is 6.42 Å². The molecule has 0 aromatic heterocycles. The molecule has 0 heterocycles. The Kier molecular flexibility index (Phi) is 5.71. The van der Waals surface area contributed by atoms with E-state index in [1.807, 2.05) is 36.4 Å². The molecule has 0 spiro atoms. The van der Waals surface area contributed by atoms with Crippen LogP contribution in [0.2, 0.25) is 0 Å². The number of Topliss-reactive ketones (excluding diaryl/α,β-unsaturated/α-hetero) is 1. The van der Waals surface area contributed by atoms with Crippen LogP contribution in [0.15, 0.2) is 97.1 Å². The number of rotatable bonds is 7. The van der Waals surface area contributed by atoms with Crippen molar-refractivity contribution >= 4 is 22.4 Å². The lowest BCUT2D eigenvalue weighted by molar-refractivity contribution is 0.0956. The Bertz CT molecular complexity index is 1180. The largest absolute Gasteiger partial charge is 0.384 e. The predicted molar refractivity (Wildman–Crippen MR) is 123 cm³/mol. The number of amidine groups is 1. The van der Waals surface area contributed by atoms with Gasteiger partial charge in [0.25, 0.3) is 0 Å². The maximum Gasteiger partial charge on any atom is 0.170 e. The van der Waals surface area contributed by atoms with Crippen molar-refractivity contribution in [3.63, 3.8) is 0 Å². The highest BCUT2D eigenvalue weighted by molar-refractivity contribution is 6.04. The lowest BCUT2D eigenvalue weighted by atomic mass is 9.83. The van der Waals surface area contributed by atoms with Crippen LogP contribution in [0, 0.1) is 5.41 Å². The van der Waals surface area contributed by atoms with Gasteiger partial charge >= 0.3 is 0 Å². The molecule has 0 saturated heterocycles. The molecule has 30 heavy (non-hydrogen) atoms. The maximum atomic E-state index is 13.6. The highest BCUT2D eigenvalue weighted by Gasteiger charge is 2.24. The molecule has 148 valence electrons. The predicted octanol–water partition coefficient (Wildman–Crippen LogP) is 5.72. The fraction of sp³-hybridized carbons (Fsp3) is 0.111. The average molecular weight is 393 g/mol. The number of hydrogen-bond acceptors (Lipinski definition) is 2. The van der Waals surface area contributed by atoms with Gasteiger partial charge in [-0.05, 0) is 34.7 Å². The van der Waals surface area contributed by atoms with E-state index in [2.05, 4.69) is 36.4 Å². The van der Waals surface area contributed by atoms with Gasteiger partial charge in [0.2, 0.25) is 0 Å². The minimum atomic E-state index is -0.250. The molecule has 0 aliphatic heterocycles. The van der Waals surface area contributed by atoms with Crippen molar-refractivity contribution in [2.24, 2.45) is 5.73 Å². The molecule has 0 amide bonds. The average Bonchev–Trinajstić information content (AvgIpc) is 2.80. The summed E-state index contributed by atoms with van der Waals surface area (Å²) in [6.45, 7) is 0. The molecule has 3 nitrogen and oxygen atoms in total. The number of ketones is 1. The minimum absolute atomic E-state index is 0.00341. The van der Waals surface area contributed by atoms with Crippen LogP contribution in [0.25, 0.3) is 10.8 Å². The summed E-state index contributed by atoms with van der Waals surface area (Å²) in [5.74, 6) is -0.152. The minimum Gasteiger partial charge on any atom is -0.384 e. The van der Waals surface area contributed by atoms with E-state index in [1.54, 1.807) is 24.3 Å². The quantitative estimate of drug-likeness (QED) is 0.240. The Morgan fingerprint density at radius 2 is 1.40 bits per heavy atom. The smallest absolute Gasteiger partial charge is 0.170 e. The molecule has 3 heteroatoms. The molecule has 0 saturated carbocycles. The van der Waals surface area contributed by atoms with Gasteiger partial charge in [0.05, 0.1) is 0 Å². The second-order valence-electron chi connectivity index (χ2n) is 7.50. The highest BCUT2D eigenvalue weighted by atomic mass is 16.1. The van der Waals surface area contributed by atoms with Crippen LogP contribution in [-0.4, -0.2) is 11.6 Å². The van der Waals surface area contributed by atoms with Gasteiger partial charge in [-0.3, -0.25) is 10.2 Å². The first-order valence-electron chi connectivity index (χ1n) is 10.1.